The number of hydrogen-bond donors (Lipinski definition) is 3. The van der Waals surface area contributed by atoms with Crippen LogP contribution in [0.2, 0.25) is 0 Å². The van der Waals surface area contributed by atoms with Gasteiger partial charge in [0.25, 0.3) is 0 Å². The molecule has 0 fully saturated rings. The molecule has 0 radical (unpaired) electrons. The molecule has 1 rings (SSSR count). The van der Waals surface area contributed by atoms with Gasteiger partial charge in [0.1, 0.15) is 5.75 Å². The van der Waals surface area contributed by atoms with E-state index in [-0.39, 0.29) is 10.6 Å². The molecule has 5 nitrogen and oxygen atoms in total. The number of sulfone groups is 1. The fraction of sp³-hybridized carbons (Fsp3) is 0.556. The van der Waals surface area contributed by atoms with Gasteiger partial charge < -0.3 is 15.7 Å². The molecule has 0 aliphatic rings. The molecule has 0 saturated carbocycles. The number of nitrogens with one attached hydrogen (secondary N) is 2. The third kappa shape index (κ3) is 7.95. The summed E-state index contributed by atoms with van der Waals surface area (Å²) in [4.78, 5) is 0.159. The second-order valence-corrected chi connectivity index (χ2v) is 7.66. The van der Waals surface area contributed by atoms with Crippen LogP contribution in [-0.2, 0) is 9.84 Å². The van der Waals surface area contributed by atoms with Crippen LogP contribution in [-0.4, -0.2) is 39.7 Å². The van der Waals surface area contributed by atoms with Gasteiger partial charge in [-0.1, -0.05) is 19.1 Å². The van der Waals surface area contributed by atoms with E-state index in [1.807, 2.05) is 0 Å². The van der Waals surface area contributed by atoms with Crippen LogP contribution in [0.15, 0.2) is 34.6 Å². The molecule has 3 N–H and O–H groups in total. The van der Waals surface area contributed by atoms with Gasteiger partial charge in [0.05, 0.1) is 4.90 Å². The van der Waals surface area contributed by atoms with Crippen molar-refractivity contribution >= 4 is 9.84 Å². The first kappa shape index (κ1) is 20.7. The maximum Gasteiger partial charge on any atom is 0.199 e. The minimum absolute atomic E-state index is 0.0392. The summed E-state index contributed by atoms with van der Waals surface area (Å²) in [7, 11) is -3.50. The van der Waals surface area contributed by atoms with E-state index in [9.17, 15) is 13.5 Å². The van der Waals surface area contributed by atoms with Gasteiger partial charge in [-0.3, -0.25) is 0 Å². The smallest absolute Gasteiger partial charge is 0.199 e. The standard InChI is InChI=1S/C18H30N2O3S/c1-3-10-19-11-4-5-12-20-13-6-7-14-24(22,23)18-15-17(21)9-8-16(18)2/h7-9,14-15,19-21H,3-6,10-13H2,1-2H3. The van der Waals surface area contributed by atoms with Crippen molar-refractivity contribution in [1.29, 1.82) is 0 Å². The van der Waals surface area contributed by atoms with E-state index < -0.39 is 9.84 Å². The van der Waals surface area contributed by atoms with E-state index in [4.69, 9.17) is 0 Å². The number of benzene rings is 1. The summed E-state index contributed by atoms with van der Waals surface area (Å²) in [5.41, 5.74) is 0.632. The van der Waals surface area contributed by atoms with Crippen LogP contribution in [0.25, 0.3) is 0 Å². The lowest BCUT2D eigenvalue weighted by Crippen LogP contribution is -2.20. The van der Waals surface area contributed by atoms with Crippen LogP contribution in [0, 0.1) is 6.92 Å². The molecule has 0 amide bonds. The monoisotopic (exact) mass is 354 g/mol. The summed E-state index contributed by atoms with van der Waals surface area (Å²) in [6, 6.07) is 4.38. The topological polar surface area (TPSA) is 78.4 Å². The fourth-order valence-electron chi connectivity index (χ4n) is 2.28. The van der Waals surface area contributed by atoms with Crippen molar-refractivity contribution < 1.29 is 13.5 Å². The Bertz CT molecular complexity index is 613. The number of aryl methyl sites for hydroxylation is 1. The van der Waals surface area contributed by atoms with E-state index in [1.165, 1.54) is 17.5 Å². The molecule has 0 unspecified atom stereocenters. The summed E-state index contributed by atoms with van der Waals surface area (Å²) < 4.78 is 24.5. The SMILES string of the molecule is CCCNCCCCNCCC=CS(=O)(=O)c1cc(O)ccc1C. The molecule has 1 aromatic carbocycles. The summed E-state index contributed by atoms with van der Waals surface area (Å²) in [6.07, 6.45) is 5.74. The van der Waals surface area contributed by atoms with E-state index in [0.29, 0.717) is 12.0 Å². The van der Waals surface area contributed by atoms with Gasteiger partial charge in [0.2, 0.25) is 0 Å². The summed E-state index contributed by atoms with van der Waals surface area (Å²) in [6.45, 7) is 7.71. The zero-order valence-corrected chi connectivity index (χ0v) is 15.5. The Morgan fingerprint density at radius 2 is 1.75 bits per heavy atom. The van der Waals surface area contributed by atoms with Gasteiger partial charge >= 0.3 is 0 Å². The molecule has 136 valence electrons. The minimum atomic E-state index is -3.50. The summed E-state index contributed by atoms with van der Waals surface area (Å²) in [5, 5.41) is 17.4. The van der Waals surface area contributed by atoms with Crippen molar-refractivity contribution in [3.05, 3.63) is 35.2 Å². The van der Waals surface area contributed by atoms with Crippen molar-refractivity contribution in [2.45, 2.75) is 44.4 Å². The minimum Gasteiger partial charge on any atom is -0.508 e. The molecule has 1 aromatic rings. The highest BCUT2D eigenvalue weighted by Gasteiger charge is 2.13. The van der Waals surface area contributed by atoms with Crippen LogP contribution in [0.3, 0.4) is 0 Å². The van der Waals surface area contributed by atoms with E-state index >= 15 is 0 Å². The van der Waals surface area contributed by atoms with Gasteiger partial charge in [0, 0.05) is 5.41 Å². The van der Waals surface area contributed by atoms with E-state index in [2.05, 4.69) is 17.6 Å². The van der Waals surface area contributed by atoms with Gasteiger partial charge in [-0.25, -0.2) is 8.42 Å². The lowest BCUT2D eigenvalue weighted by Gasteiger charge is -2.05. The van der Waals surface area contributed by atoms with Crippen molar-refractivity contribution in [1.82, 2.24) is 10.6 Å². The first-order valence-corrected chi connectivity index (χ1v) is 10.1. The first-order valence-electron chi connectivity index (χ1n) is 8.60. The molecule has 0 saturated heterocycles. The van der Waals surface area contributed by atoms with Crippen LogP contribution >= 0.6 is 0 Å². The number of unbranched alkanes of at least 4 members (excludes halogenated alkanes) is 1. The highest BCUT2D eigenvalue weighted by molar-refractivity contribution is 7.94. The van der Waals surface area contributed by atoms with Crippen molar-refractivity contribution in [3.8, 4) is 5.75 Å². The second-order valence-electron chi connectivity index (χ2n) is 5.86. The fourth-order valence-corrected chi connectivity index (χ4v) is 3.61. The van der Waals surface area contributed by atoms with E-state index in [0.717, 1.165) is 45.4 Å². The molecule has 0 aliphatic heterocycles. The van der Waals surface area contributed by atoms with Gasteiger partial charge in [-0.15, -0.1) is 0 Å². The summed E-state index contributed by atoms with van der Waals surface area (Å²) >= 11 is 0. The van der Waals surface area contributed by atoms with Crippen molar-refractivity contribution in [3.63, 3.8) is 0 Å². The van der Waals surface area contributed by atoms with Gasteiger partial charge in [-0.2, -0.15) is 0 Å². The second kappa shape index (κ2) is 11.2. The maximum atomic E-state index is 12.2. The molecule has 0 aliphatic carbocycles. The Labute approximate surface area is 146 Å². The van der Waals surface area contributed by atoms with Crippen LogP contribution in [0.1, 0.15) is 38.2 Å². The van der Waals surface area contributed by atoms with Gasteiger partial charge in [0.15, 0.2) is 9.84 Å². The molecular formula is C18H30N2O3S. The molecule has 0 heterocycles. The lowest BCUT2D eigenvalue weighted by molar-refractivity contribution is 0.473. The quantitative estimate of drug-likeness (QED) is 0.503. The first-order chi connectivity index (χ1) is 11.5. The van der Waals surface area contributed by atoms with Crippen LogP contribution in [0.5, 0.6) is 5.75 Å². The molecule has 6 heteroatoms. The number of hydrogen-bond acceptors (Lipinski definition) is 5. The molecule has 0 aromatic heterocycles. The average molecular weight is 355 g/mol. The molecule has 0 atom stereocenters. The Kier molecular flexibility index (Phi) is 9.67. The number of rotatable bonds is 12. The zero-order chi connectivity index (χ0) is 17.8. The Balaban J connectivity index is 2.26. The lowest BCUT2D eigenvalue weighted by atomic mass is 10.2. The predicted octanol–water partition coefficient (Wildman–Crippen LogP) is 2.75. The Morgan fingerprint density at radius 3 is 2.42 bits per heavy atom. The van der Waals surface area contributed by atoms with Crippen molar-refractivity contribution in [2.24, 2.45) is 0 Å². The molecule has 0 bridgehead atoms. The normalized spacial score (nSPS) is 12.1. The number of phenols is 1. The van der Waals surface area contributed by atoms with Gasteiger partial charge in [-0.05, 0) is 76.5 Å². The Hall–Kier alpha value is -1.37. The maximum absolute atomic E-state index is 12.2. The molecular weight excluding hydrogens is 324 g/mol. The Morgan fingerprint density at radius 1 is 1.08 bits per heavy atom. The largest absolute Gasteiger partial charge is 0.508 e. The van der Waals surface area contributed by atoms with Crippen molar-refractivity contribution in [2.75, 3.05) is 26.2 Å². The number of aromatic hydroxyl groups is 1. The van der Waals surface area contributed by atoms with Crippen LogP contribution < -0.4 is 10.6 Å². The third-order valence-electron chi connectivity index (χ3n) is 3.63. The highest BCUT2D eigenvalue weighted by Crippen LogP contribution is 2.22. The highest BCUT2D eigenvalue weighted by atomic mass is 32.2. The summed E-state index contributed by atoms with van der Waals surface area (Å²) in [5.74, 6) is -0.0392. The third-order valence-corrected chi connectivity index (χ3v) is 5.23. The molecule has 24 heavy (non-hydrogen) atoms. The average Bonchev–Trinajstić information content (AvgIpc) is 2.54. The predicted molar refractivity (Wildman–Crippen MR) is 99.1 cm³/mol. The van der Waals surface area contributed by atoms with Crippen LogP contribution in [0.4, 0.5) is 0 Å². The molecule has 0 spiro atoms. The number of phenolic OH excluding ortho intramolecular Hbond substituents is 1. The van der Waals surface area contributed by atoms with E-state index in [1.54, 1.807) is 19.1 Å². The zero-order valence-electron chi connectivity index (χ0n) is 14.7.